The normalized spacial score (nSPS) is 14.1. The highest BCUT2D eigenvalue weighted by Crippen LogP contribution is 2.30. The van der Waals surface area contributed by atoms with Crippen LogP contribution in [0.1, 0.15) is 28.8 Å². The van der Waals surface area contributed by atoms with E-state index in [0.717, 1.165) is 42.9 Å². The largest absolute Gasteiger partial charge is 0.478 e. The highest BCUT2D eigenvalue weighted by atomic mass is 16.4. The van der Waals surface area contributed by atoms with E-state index < -0.39 is 5.97 Å². The van der Waals surface area contributed by atoms with Crippen molar-refractivity contribution >= 4 is 17.3 Å². The van der Waals surface area contributed by atoms with Crippen molar-refractivity contribution in [2.75, 3.05) is 23.3 Å². The summed E-state index contributed by atoms with van der Waals surface area (Å²) in [5.74, 6) is -0.890. The molecule has 5 heteroatoms. The lowest BCUT2D eigenvalue weighted by molar-refractivity contribution is 0.0697. The number of carboxylic acids is 1. The fraction of sp³-hybridized carbons (Fsp3) is 0.294. The maximum atomic E-state index is 11.2. The van der Waals surface area contributed by atoms with E-state index in [-0.39, 0.29) is 0 Å². The summed E-state index contributed by atoms with van der Waals surface area (Å²) in [7, 11) is 0. The van der Waals surface area contributed by atoms with Crippen LogP contribution < -0.4 is 10.2 Å². The molecule has 2 N–H and O–H groups in total. The first-order chi connectivity index (χ1) is 10.7. The Bertz CT molecular complexity index is 652. The Kier molecular flexibility index (Phi) is 4.23. The van der Waals surface area contributed by atoms with Crippen LogP contribution in [0.15, 0.2) is 42.7 Å². The molecule has 0 saturated carbocycles. The van der Waals surface area contributed by atoms with Crippen molar-refractivity contribution in [3.63, 3.8) is 0 Å². The van der Waals surface area contributed by atoms with Gasteiger partial charge in [-0.05, 0) is 42.7 Å². The highest BCUT2D eigenvalue weighted by molar-refractivity contribution is 5.91. The van der Waals surface area contributed by atoms with Crippen LogP contribution >= 0.6 is 0 Å². The average Bonchev–Trinajstić information content (AvgIpc) is 3.08. The summed E-state index contributed by atoms with van der Waals surface area (Å²) in [6.45, 7) is 2.62. The van der Waals surface area contributed by atoms with E-state index in [4.69, 9.17) is 0 Å². The number of hydrogen-bond donors (Lipinski definition) is 2. The predicted molar refractivity (Wildman–Crippen MR) is 86.4 cm³/mol. The molecule has 5 nitrogen and oxygen atoms in total. The van der Waals surface area contributed by atoms with Gasteiger partial charge >= 0.3 is 5.97 Å². The molecule has 0 amide bonds. The van der Waals surface area contributed by atoms with Crippen LogP contribution in [0.2, 0.25) is 0 Å². The van der Waals surface area contributed by atoms with Crippen LogP contribution in [-0.2, 0) is 6.54 Å². The molecule has 2 heterocycles. The molecule has 22 heavy (non-hydrogen) atoms. The van der Waals surface area contributed by atoms with Gasteiger partial charge in [-0.3, -0.25) is 4.98 Å². The van der Waals surface area contributed by atoms with Crippen LogP contribution in [0.4, 0.5) is 11.4 Å². The van der Waals surface area contributed by atoms with E-state index in [1.807, 2.05) is 24.4 Å². The molecular weight excluding hydrogens is 278 g/mol. The van der Waals surface area contributed by atoms with Crippen molar-refractivity contribution in [3.8, 4) is 0 Å². The molecule has 1 aliphatic heterocycles. The highest BCUT2D eigenvalue weighted by Gasteiger charge is 2.17. The lowest BCUT2D eigenvalue weighted by Gasteiger charge is -2.22. The quantitative estimate of drug-likeness (QED) is 0.888. The molecular formula is C17H19N3O2. The second kappa shape index (κ2) is 6.47. The van der Waals surface area contributed by atoms with Gasteiger partial charge in [-0.25, -0.2) is 4.79 Å². The van der Waals surface area contributed by atoms with Crippen molar-refractivity contribution < 1.29 is 9.90 Å². The topological polar surface area (TPSA) is 65.5 Å². The van der Waals surface area contributed by atoms with Crippen molar-refractivity contribution in [2.24, 2.45) is 0 Å². The van der Waals surface area contributed by atoms with Gasteiger partial charge in [-0.1, -0.05) is 6.07 Å². The van der Waals surface area contributed by atoms with Crippen molar-refractivity contribution in [2.45, 2.75) is 19.4 Å². The number of carbonyl (C=O) groups is 1. The summed E-state index contributed by atoms with van der Waals surface area (Å²) in [6.07, 6.45) is 5.88. The van der Waals surface area contributed by atoms with Gasteiger partial charge in [0.15, 0.2) is 0 Å². The Morgan fingerprint density at radius 3 is 2.77 bits per heavy atom. The third-order valence-electron chi connectivity index (χ3n) is 3.90. The SMILES string of the molecule is O=C(O)c1ccc(NCc2cccnc2)c(N2CCCC2)c1. The Morgan fingerprint density at radius 1 is 1.27 bits per heavy atom. The van der Waals surface area contributed by atoms with E-state index in [0.29, 0.717) is 12.1 Å². The van der Waals surface area contributed by atoms with Gasteiger partial charge < -0.3 is 15.3 Å². The van der Waals surface area contributed by atoms with E-state index >= 15 is 0 Å². The van der Waals surface area contributed by atoms with Gasteiger partial charge in [-0.15, -0.1) is 0 Å². The molecule has 1 aromatic heterocycles. The zero-order valence-electron chi connectivity index (χ0n) is 12.3. The molecule has 0 radical (unpaired) electrons. The molecule has 0 bridgehead atoms. The zero-order valence-corrected chi connectivity index (χ0v) is 12.3. The van der Waals surface area contributed by atoms with Crippen molar-refractivity contribution in [3.05, 3.63) is 53.9 Å². The lowest BCUT2D eigenvalue weighted by Crippen LogP contribution is -2.20. The number of benzene rings is 1. The number of nitrogens with zero attached hydrogens (tertiary/aromatic N) is 2. The summed E-state index contributed by atoms with van der Waals surface area (Å²) >= 11 is 0. The van der Waals surface area contributed by atoms with Gasteiger partial charge in [0.25, 0.3) is 0 Å². The molecule has 1 aliphatic rings. The van der Waals surface area contributed by atoms with Crippen LogP contribution in [0.5, 0.6) is 0 Å². The molecule has 1 fully saturated rings. The van der Waals surface area contributed by atoms with Crippen LogP contribution in [-0.4, -0.2) is 29.1 Å². The summed E-state index contributed by atoms with van der Waals surface area (Å²) < 4.78 is 0. The first kappa shape index (κ1) is 14.4. The number of aromatic carboxylic acids is 1. The molecule has 2 aromatic rings. The lowest BCUT2D eigenvalue weighted by atomic mass is 10.1. The Labute approximate surface area is 129 Å². The molecule has 0 aliphatic carbocycles. The minimum absolute atomic E-state index is 0.328. The van der Waals surface area contributed by atoms with E-state index in [1.165, 1.54) is 0 Å². The first-order valence-corrected chi connectivity index (χ1v) is 7.49. The van der Waals surface area contributed by atoms with Crippen molar-refractivity contribution in [1.82, 2.24) is 4.98 Å². The summed E-state index contributed by atoms with van der Waals surface area (Å²) in [5, 5.41) is 12.6. The number of nitrogens with one attached hydrogen (secondary N) is 1. The maximum Gasteiger partial charge on any atom is 0.335 e. The van der Waals surface area contributed by atoms with Crippen molar-refractivity contribution in [1.29, 1.82) is 0 Å². The summed E-state index contributed by atoms with van der Waals surface area (Å²) in [6, 6.07) is 9.19. The maximum absolute atomic E-state index is 11.2. The first-order valence-electron chi connectivity index (χ1n) is 7.49. The second-order valence-electron chi connectivity index (χ2n) is 5.45. The summed E-state index contributed by atoms with van der Waals surface area (Å²) in [4.78, 5) is 17.6. The smallest absolute Gasteiger partial charge is 0.335 e. The van der Waals surface area contributed by atoms with E-state index in [1.54, 1.807) is 18.3 Å². The molecule has 3 rings (SSSR count). The molecule has 0 atom stereocenters. The van der Waals surface area contributed by atoms with Gasteiger partial charge in [-0.2, -0.15) is 0 Å². The minimum Gasteiger partial charge on any atom is -0.478 e. The monoisotopic (exact) mass is 297 g/mol. The molecule has 114 valence electrons. The molecule has 1 aromatic carbocycles. The van der Waals surface area contributed by atoms with Crippen LogP contribution in [0.25, 0.3) is 0 Å². The van der Waals surface area contributed by atoms with Gasteiger partial charge in [0.05, 0.1) is 16.9 Å². The fourth-order valence-corrected chi connectivity index (χ4v) is 2.73. The fourth-order valence-electron chi connectivity index (χ4n) is 2.73. The number of hydrogen-bond acceptors (Lipinski definition) is 4. The van der Waals surface area contributed by atoms with E-state index in [9.17, 15) is 9.90 Å². The number of carboxylic acid groups (broad SMARTS) is 1. The number of rotatable bonds is 5. The molecule has 1 saturated heterocycles. The van der Waals surface area contributed by atoms with Gasteiger partial charge in [0.1, 0.15) is 0 Å². The standard InChI is InChI=1S/C17H19N3O2/c21-17(22)14-5-6-15(16(10-14)20-8-1-2-9-20)19-12-13-4-3-7-18-11-13/h3-7,10-11,19H,1-2,8-9,12H2,(H,21,22). The summed E-state index contributed by atoms with van der Waals surface area (Å²) in [5.41, 5.74) is 3.36. The zero-order chi connectivity index (χ0) is 15.4. The molecule has 0 spiro atoms. The number of anilines is 2. The molecule has 0 unspecified atom stereocenters. The Hall–Kier alpha value is -2.56. The minimum atomic E-state index is -0.890. The van der Waals surface area contributed by atoms with Crippen LogP contribution in [0, 0.1) is 0 Å². The van der Waals surface area contributed by atoms with E-state index in [2.05, 4.69) is 15.2 Å². The Morgan fingerprint density at radius 2 is 2.09 bits per heavy atom. The third-order valence-corrected chi connectivity index (χ3v) is 3.90. The average molecular weight is 297 g/mol. The van der Waals surface area contributed by atoms with Crippen LogP contribution in [0.3, 0.4) is 0 Å². The third kappa shape index (κ3) is 3.19. The predicted octanol–water partition coefficient (Wildman–Crippen LogP) is 2.99. The number of pyridine rings is 1. The number of aromatic nitrogens is 1. The second-order valence-corrected chi connectivity index (χ2v) is 5.45. The van der Waals surface area contributed by atoms with Gasteiger partial charge in [0.2, 0.25) is 0 Å². The Balaban J connectivity index is 1.83. The van der Waals surface area contributed by atoms with Gasteiger partial charge in [0, 0.05) is 32.0 Å².